The normalized spacial score (nSPS) is 12.4. The predicted molar refractivity (Wildman–Crippen MR) is 87.9 cm³/mol. The summed E-state index contributed by atoms with van der Waals surface area (Å²) < 4.78 is 5.33. The van der Waals surface area contributed by atoms with Gasteiger partial charge in [-0.15, -0.1) is 0 Å². The van der Waals surface area contributed by atoms with E-state index in [2.05, 4.69) is 46.1 Å². The van der Waals surface area contributed by atoms with Gasteiger partial charge in [0, 0.05) is 31.7 Å². The molecule has 1 unspecified atom stereocenters. The number of hydrogen-bond donors (Lipinski definition) is 1. The van der Waals surface area contributed by atoms with Gasteiger partial charge in [0.05, 0.1) is 5.56 Å². The first-order valence-corrected chi connectivity index (χ1v) is 7.89. The molecule has 6 nitrogen and oxygen atoms in total. The summed E-state index contributed by atoms with van der Waals surface area (Å²) in [6.07, 6.45) is 3.64. The Kier molecular flexibility index (Phi) is 5.89. The van der Waals surface area contributed by atoms with Crippen LogP contribution in [0.3, 0.4) is 0 Å². The molecule has 22 heavy (non-hydrogen) atoms. The molecule has 1 N–H and O–H groups in total. The molecule has 1 atom stereocenters. The summed E-state index contributed by atoms with van der Waals surface area (Å²) in [4.78, 5) is 11.2. The Morgan fingerprint density at radius 3 is 2.73 bits per heavy atom. The van der Waals surface area contributed by atoms with Gasteiger partial charge in [0.2, 0.25) is 0 Å². The van der Waals surface area contributed by atoms with E-state index in [1.54, 1.807) is 6.20 Å². The number of nitrogens with one attached hydrogen (secondary N) is 1. The van der Waals surface area contributed by atoms with Gasteiger partial charge in [-0.3, -0.25) is 0 Å². The van der Waals surface area contributed by atoms with Crippen LogP contribution in [-0.2, 0) is 6.42 Å². The van der Waals surface area contributed by atoms with Crippen molar-refractivity contribution in [3.05, 3.63) is 24.2 Å². The third-order valence-electron chi connectivity index (χ3n) is 3.64. The zero-order valence-electron chi connectivity index (χ0n) is 13.8. The molecule has 0 saturated carbocycles. The van der Waals surface area contributed by atoms with Gasteiger partial charge in [-0.1, -0.05) is 12.1 Å². The van der Waals surface area contributed by atoms with Gasteiger partial charge < -0.3 is 14.7 Å². The summed E-state index contributed by atoms with van der Waals surface area (Å²) in [6.45, 7) is 8.35. The number of anilines is 1. The molecule has 120 valence electrons. The third kappa shape index (κ3) is 4.04. The smallest absolute Gasteiger partial charge is 0.259 e. The van der Waals surface area contributed by atoms with E-state index >= 15 is 0 Å². The molecule has 0 bridgehead atoms. The molecular formula is C16H25N5O. The fraction of sp³-hybridized carbons (Fsp3) is 0.562. The van der Waals surface area contributed by atoms with Crippen molar-refractivity contribution in [2.45, 2.75) is 39.7 Å². The molecular weight excluding hydrogens is 278 g/mol. The minimum atomic E-state index is 0.318. The summed E-state index contributed by atoms with van der Waals surface area (Å²) in [7, 11) is 1.92. The number of aromatic nitrogens is 3. The van der Waals surface area contributed by atoms with E-state index in [0.29, 0.717) is 17.8 Å². The summed E-state index contributed by atoms with van der Waals surface area (Å²) in [5, 5.41) is 7.18. The summed E-state index contributed by atoms with van der Waals surface area (Å²) in [5.41, 5.74) is 0.854. The molecule has 0 fully saturated rings. The second kappa shape index (κ2) is 7.89. The van der Waals surface area contributed by atoms with Crippen molar-refractivity contribution in [2.75, 3.05) is 25.0 Å². The van der Waals surface area contributed by atoms with Gasteiger partial charge in [0.25, 0.3) is 5.89 Å². The molecule has 6 heteroatoms. The zero-order valence-corrected chi connectivity index (χ0v) is 13.8. The maximum Gasteiger partial charge on any atom is 0.259 e. The molecule has 0 spiro atoms. The fourth-order valence-corrected chi connectivity index (χ4v) is 2.23. The van der Waals surface area contributed by atoms with Crippen LogP contribution < -0.4 is 10.2 Å². The van der Waals surface area contributed by atoms with Crippen LogP contribution >= 0.6 is 0 Å². The monoisotopic (exact) mass is 303 g/mol. The molecule has 0 aromatic carbocycles. The van der Waals surface area contributed by atoms with Gasteiger partial charge >= 0.3 is 0 Å². The minimum Gasteiger partial charge on any atom is -0.357 e. The van der Waals surface area contributed by atoms with Crippen LogP contribution in [0, 0.1) is 0 Å². The standard InChI is InChI=1S/C16H25N5O/c1-5-9-21(6-2)15-8-7-13(11-18-15)16-19-14(20-22-16)10-12(3)17-4/h7-8,11-12,17H,5-6,9-10H2,1-4H3. The van der Waals surface area contributed by atoms with Gasteiger partial charge in [0.15, 0.2) is 5.82 Å². The first-order valence-electron chi connectivity index (χ1n) is 7.89. The molecule has 0 radical (unpaired) electrons. The summed E-state index contributed by atoms with van der Waals surface area (Å²) in [5.74, 6) is 2.22. The Morgan fingerprint density at radius 2 is 2.14 bits per heavy atom. The minimum absolute atomic E-state index is 0.318. The SMILES string of the molecule is CCCN(CC)c1ccc(-c2nc(CC(C)NC)no2)cn1. The van der Waals surface area contributed by atoms with Crippen molar-refractivity contribution < 1.29 is 4.52 Å². The van der Waals surface area contributed by atoms with Crippen molar-refractivity contribution in [2.24, 2.45) is 0 Å². The fourth-order valence-electron chi connectivity index (χ4n) is 2.23. The van der Waals surface area contributed by atoms with E-state index in [1.165, 1.54) is 0 Å². The lowest BCUT2D eigenvalue weighted by atomic mass is 10.2. The Morgan fingerprint density at radius 1 is 1.32 bits per heavy atom. The second-order valence-electron chi connectivity index (χ2n) is 5.39. The van der Waals surface area contributed by atoms with Gasteiger partial charge in [0.1, 0.15) is 5.82 Å². The van der Waals surface area contributed by atoms with Gasteiger partial charge in [-0.05, 0) is 39.4 Å². The number of likely N-dealkylation sites (N-methyl/N-ethyl adjacent to an activating group) is 1. The van der Waals surface area contributed by atoms with Gasteiger partial charge in [-0.2, -0.15) is 4.98 Å². The van der Waals surface area contributed by atoms with E-state index in [1.807, 2.05) is 19.2 Å². The van der Waals surface area contributed by atoms with E-state index < -0.39 is 0 Å². The molecule has 2 aromatic heterocycles. The molecule has 0 amide bonds. The van der Waals surface area contributed by atoms with Gasteiger partial charge in [-0.25, -0.2) is 4.98 Å². The maximum absolute atomic E-state index is 5.33. The first-order chi connectivity index (χ1) is 10.7. The Labute approximate surface area is 131 Å². The number of nitrogens with zero attached hydrogens (tertiary/aromatic N) is 4. The maximum atomic E-state index is 5.33. The largest absolute Gasteiger partial charge is 0.357 e. The molecule has 0 saturated heterocycles. The average Bonchev–Trinajstić information content (AvgIpc) is 3.01. The summed E-state index contributed by atoms with van der Waals surface area (Å²) >= 11 is 0. The van der Waals surface area contributed by atoms with E-state index in [9.17, 15) is 0 Å². The lowest BCUT2D eigenvalue weighted by Gasteiger charge is -2.20. The molecule has 0 aliphatic carbocycles. The van der Waals surface area contributed by atoms with Crippen LogP contribution in [0.25, 0.3) is 11.5 Å². The highest BCUT2D eigenvalue weighted by Crippen LogP contribution is 2.19. The van der Waals surface area contributed by atoms with Crippen molar-refractivity contribution >= 4 is 5.82 Å². The summed E-state index contributed by atoms with van der Waals surface area (Å²) in [6, 6.07) is 4.31. The van der Waals surface area contributed by atoms with Crippen LogP contribution in [-0.4, -0.2) is 41.3 Å². The highest BCUT2D eigenvalue weighted by Gasteiger charge is 2.12. The average molecular weight is 303 g/mol. The molecule has 2 rings (SSSR count). The Bertz CT molecular complexity index is 566. The number of hydrogen-bond acceptors (Lipinski definition) is 6. The highest BCUT2D eigenvalue weighted by molar-refractivity contribution is 5.54. The second-order valence-corrected chi connectivity index (χ2v) is 5.39. The zero-order chi connectivity index (χ0) is 15.9. The van der Waals surface area contributed by atoms with Crippen LogP contribution in [0.4, 0.5) is 5.82 Å². The van der Waals surface area contributed by atoms with E-state index in [4.69, 9.17) is 4.52 Å². The lowest BCUT2D eigenvalue weighted by molar-refractivity contribution is 0.418. The quantitative estimate of drug-likeness (QED) is 0.808. The van der Waals surface area contributed by atoms with Crippen molar-refractivity contribution in [1.29, 1.82) is 0 Å². The predicted octanol–water partition coefficient (Wildman–Crippen LogP) is 2.52. The first kappa shape index (κ1) is 16.4. The molecule has 2 heterocycles. The Hall–Kier alpha value is -1.95. The molecule has 0 aliphatic rings. The van der Waals surface area contributed by atoms with E-state index in [-0.39, 0.29) is 0 Å². The van der Waals surface area contributed by atoms with Crippen molar-refractivity contribution in [3.63, 3.8) is 0 Å². The highest BCUT2D eigenvalue weighted by atomic mass is 16.5. The van der Waals surface area contributed by atoms with Crippen LogP contribution in [0.5, 0.6) is 0 Å². The van der Waals surface area contributed by atoms with Crippen molar-refractivity contribution in [1.82, 2.24) is 20.4 Å². The van der Waals surface area contributed by atoms with Crippen LogP contribution in [0.1, 0.15) is 33.0 Å². The van der Waals surface area contributed by atoms with Crippen LogP contribution in [0.15, 0.2) is 22.9 Å². The van der Waals surface area contributed by atoms with Crippen LogP contribution in [0.2, 0.25) is 0 Å². The third-order valence-corrected chi connectivity index (χ3v) is 3.64. The molecule has 0 aliphatic heterocycles. The molecule has 2 aromatic rings. The lowest BCUT2D eigenvalue weighted by Crippen LogP contribution is -2.24. The van der Waals surface area contributed by atoms with Crippen molar-refractivity contribution in [3.8, 4) is 11.5 Å². The topological polar surface area (TPSA) is 67.1 Å². The number of rotatable bonds is 8. The Balaban J connectivity index is 2.10. The van der Waals surface area contributed by atoms with E-state index in [0.717, 1.165) is 37.3 Å². The number of pyridine rings is 1.